The number of nitrogen functional groups attached to an aromatic ring is 1. The van der Waals surface area contributed by atoms with Crippen LogP contribution in [0.3, 0.4) is 0 Å². The molecule has 0 aliphatic carbocycles. The predicted octanol–water partition coefficient (Wildman–Crippen LogP) is 1.77. The zero-order valence-corrected chi connectivity index (χ0v) is 8.28. The molecule has 0 saturated heterocycles. The van der Waals surface area contributed by atoms with Crippen LogP contribution in [0.5, 0.6) is 5.75 Å². The lowest BCUT2D eigenvalue weighted by atomic mass is 10.3. The average molecular weight is 216 g/mol. The van der Waals surface area contributed by atoms with Crippen molar-refractivity contribution < 1.29 is 14.6 Å². The van der Waals surface area contributed by atoms with Gasteiger partial charge in [0.05, 0.1) is 5.02 Å². The summed E-state index contributed by atoms with van der Waals surface area (Å²) in [6.45, 7) is 1.42. The van der Waals surface area contributed by atoms with Crippen LogP contribution in [0.4, 0.5) is 5.69 Å². The van der Waals surface area contributed by atoms with Crippen molar-refractivity contribution in [1.82, 2.24) is 0 Å². The van der Waals surface area contributed by atoms with E-state index in [1.165, 1.54) is 13.0 Å². The summed E-state index contributed by atoms with van der Waals surface area (Å²) in [6, 6.07) is 4.66. The molecule has 1 aromatic rings. The number of hydrogen-bond acceptors (Lipinski definition) is 3. The van der Waals surface area contributed by atoms with E-state index in [0.717, 1.165) is 0 Å². The summed E-state index contributed by atoms with van der Waals surface area (Å²) in [5.74, 6) is -0.773. The molecular weight excluding hydrogens is 206 g/mol. The van der Waals surface area contributed by atoms with Crippen LogP contribution in [0, 0.1) is 0 Å². The number of benzene rings is 1. The van der Waals surface area contributed by atoms with Crippen LogP contribution >= 0.6 is 11.6 Å². The van der Waals surface area contributed by atoms with Crippen molar-refractivity contribution >= 4 is 23.3 Å². The lowest BCUT2D eigenvalue weighted by molar-refractivity contribution is -0.144. The Morgan fingerprint density at radius 1 is 1.64 bits per heavy atom. The molecule has 0 bridgehead atoms. The van der Waals surface area contributed by atoms with Gasteiger partial charge in [-0.15, -0.1) is 0 Å². The summed E-state index contributed by atoms with van der Waals surface area (Å²) in [5, 5.41) is 8.94. The molecule has 0 aliphatic heterocycles. The Morgan fingerprint density at radius 2 is 2.29 bits per heavy atom. The maximum Gasteiger partial charge on any atom is 0.344 e. The van der Waals surface area contributed by atoms with E-state index >= 15 is 0 Å². The lowest BCUT2D eigenvalue weighted by Crippen LogP contribution is -2.23. The summed E-state index contributed by atoms with van der Waals surface area (Å²) in [4.78, 5) is 10.5. The first-order valence-electron chi connectivity index (χ1n) is 3.95. The fourth-order valence-electron chi connectivity index (χ4n) is 0.851. The Kier molecular flexibility index (Phi) is 3.19. The van der Waals surface area contributed by atoms with Crippen molar-refractivity contribution in [2.45, 2.75) is 13.0 Å². The topological polar surface area (TPSA) is 72.5 Å². The molecule has 1 atom stereocenters. The van der Waals surface area contributed by atoms with E-state index in [4.69, 9.17) is 27.2 Å². The van der Waals surface area contributed by atoms with Crippen molar-refractivity contribution in [3.8, 4) is 5.75 Å². The van der Waals surface area contributed by atoms with Gasteiger partial charge in [-0.25, -0.2) is 4.79 Å². The largest absolute Gasteiger partial charge is 0.479 e. The van der Waals surface area contributed by atoms with Gasteiger partial charge in [0.1, 0.15) is 5.75 Å². The highest BCUT2D eigenvalue weighted by Crippen LogP contribution is 2.27. The fourth-order valence-corrected chi connectivity index (χ4v) is 1.01. The van der Waals surface area contributed by atoms with Crippen LogP contribution in [0.25, 0.3) is 0 Å². The SMILES string of the molecule is CC(Oc1cc(N)ccc1Cl)C(=O)O. The monoisotopic (exact) mass is 215 g/mol. The minimum absolute atomic E-state index is 0.279. The predicted molar refractivity (Wildman–Crippen MR) is 53.6 cm³/mol. The van der Waals surface area contributed by atoms with E-state index in [9.17, 15) is 4.79 Å². The first-order chi connectivity index (χ1) is 6.50. The Bertz CT molecular complexity index is 354. The van der Waals surface area contributed by atoms with Gasteiger partial charge in [-0.05, 0) is 19.1 Å². The number of hydrogen-bond donors (Lipinski definition) is 2. The number of aliphatic carboxylic acids is 1. The molecule has 1 rings (SSSR count). The van der Waals surface area contributed by atoms with Crippen molar-refractivity contribution in [3.05, 3.63) is 23.2 Å². The van der Waals surface area contributed by atoms with E-state index < -0.39 is 12.1 Å². The highest BCUT2D eigenvalue weighted by molar-refractivity contribution is 6.32. The third-order valence-corrected chi connectivity index (χ3v) is 1.92. The highest BCUT2D eigenvalue weighted by Gasteiger charge is 2.14. The lowest BCUT2D eigenvalue weighted by Gasteiger charge is -2.11. The second-order valence-corrected chi connectivity index (χ2v) is 3.20. The van der Waals surface area contributed by atoms with Crippen molar-refractivity contribution in [2.24, 2.45) is 0 Å². The van der Waals surface area contributed by atoms with Gasteiger partial charge in [-0.2, -0.15) is 0 Å². The van der Waals surface area contributed by atoms with Gasteiger partial charge in [0.2, 0.25) is 0 Å². The second-order valence-electron chi connectivity index (χ2n) is 2.79. The molecule has 0 radical (unpaired) electrons. The molecule has 4 nitrogen and oxygen atoms in total. The minimum Gasteiger partial charge on any atom is -0.479 e. The normalized spacial score (nSPS) is 12.1. The molecule has 1 aromatic carbocycles. The summed E-state index contributed by atoms with van der Waals surface area (Å²) >= 11 is 5.77. The molecule has 0 spiro atoms. The molecule has 0 amide bonds. The third-order valence-electron chi connectivity index (χ3n) is 1.61. The summed E-state index contributed by atoms with van der Waals surface area (Å²) in [6.07, 6.45) is -0.950. The molecular formula is C9H10ClNO3. The molecule has 3 N–H and O–H groups in total. The van der Waals surface area contributed by atoms with Gasteiger partial charge in [0.25, 0.3) is 0 Å². The molecule has 0 aromatic heterocycles. The van der Waals surface area contributed by atoms with Gasteiger partial charge >= 0.3 is 5.97 Å². The van der Waals surface area contributed by atoms with E-state index in [1.807, 2.05) is 0 Å². The number of carboxylic acids is 1. The molecule has 1 unspecified atom stereocenters. The number of anilines is 1. The molecule has 0 saturated carbocycles. The molecule has 0 fully saturated rings. The number of nitrogens with two attached hydrogens (primary N) is 1. The van der Waals surface area contributed by atoms with Gasteiger partial charge in [0, 0.05) is 11.8 Å². The van der Waals surface area contributed by atoms with Crippen molar-refractivity contribution in [2.75, 3.05) is 5.73 Å². The third kappa shape index (κ3) is 2.53. The standard InChI is InChI=1S/C9H10ClNO3/c1-5(9(12)13)14-8-4-6(11)2-3-7(8)10/h2-5H,11H2,1H3,(H,12,13). The van der Waals surface area contributed by atoms with Gasteiger partial charge < -0.3 is 15.6 Å². The van der Waals surface area contributed by atoms with Crippen LogP contribution in [0.15, 0.2) is 18.2 Å². The van der Waals surface area contributed by atoms with Crippen LogP contribution in [-0.4, -0.2) is 17.2 Å². The Labute approximate surface area is 86.2 Å². The first-order valence-corrected chi connectivity index (χ1v) is 4.33. The summed E-state index contributed by atoms with van der Waals surface area (Å²) in [7, 11) is 0. The average Bonchev–Trinajstić information content (AvgIpc) is 2.11. The summed E-state index contributed by atoms with van der Waals surface area (Å²) in [5.41, 5.74) is 5.97. The molecule has 76 valence electrons. The number of carboxylic acid groups (broad SMARTS) is 1. The minimum atomic E-state index is -1.05. The second kappa shape index (κ2) is 4.19. The molecule has 0 heterocycles. The number of halogens is 1. The molecule has 14 heavy (non-hydrogen) atoms. The van der Waals surface area contributed by atoms with Crippen LogP contribution in [0.2, 0.25) is 5.02 Å². The maximum atomic E-state index is 10.5. The smallest absolute Gasteiger partial charge is 0.344 e. The molecule has 5 heteroatoms. The number of rotatable bonds is 3. The summed E-state index contributed by atoms with van der Waals surface area (Å²) < 4.78 is 5.08. The zero-order valence-electron chi connectivity index (χ0n) is 7.53. The number of carbonyl (C=O) groups is 1. The first kappa shape index (κ1) is 10.7. The van der Waals surface area contributed by atoms with E-state index in [1.54, 1.807) is 12.1 Å². The Morgan fingerprint density at radius 3 is 2.86 bits per heavy atom. The van der Waals surface area contributed by atoms with Crippen LogP contribution in [0.1, 0.15) is 6.92 Å². The van der Waals surface area contributed by atoms with Gasteiger partial charge in [-0.3, -0.25) is 0 Å². The molecule has 0 aliphatic rings. The van der Waals surface area contributed by atoms with Gasteiger partial charge in [0.15, 0.2) is 6.10 Å². The van der Waals surface area contributed by atoms with Crippen LogP contribution < -0.4 is 10.5 Å². The van der Waals surface area contributed by atoms with Crippen molar-refractivity contribution in [3.63, 3.8) is 0 Å². The van der Waals surface area contributed by atoms with Gasteiger partial charge in [-0.1, -0.05) is 11.6 Å². The maximum absolute atomic E-state index is 10.5. The van der Waals surface area contributed by atoms with Crippen LogP contribution in [-0.2, 0) is 4.79 Å². The van der Waals surface area contributed by atoms with E-state index in [2.05, 4.69) is 0 Å². The van der Waals surface area contributed by atoms with E-state index in [-0.39, 0.29) is 5.75 Å². The van der Waals surface area contributed by atoms with E-state index in [0.29, 0.717) is 10.7 Å². The van der Waals surface area contributed by atoms with Crippen molar-refractivity contribution in [1.29, 1.82) is 0 Å². The zero-order chi connectivity index (χ0) is 10.7. The highest BCUT2D eigenvalue weighted by atomic mass is 35.5. The fraction of sp³-hybridized carbons (Fsp3) is 0.222. The quantitative estimate of drug-likeness (QED) is 0.754. The number of ether oxygens (including phenoxy) is 1. The Balaban J connectivity index is 2.85. The Hall–Kier alpha value is -1.42.